The fourth-order valence-corrected chi connectivity index (χ4v) is 3.98. The van der Waals surface area contributed by atoms with Crippen molar-refractivity contribution in [1.29, 1.82) is 0 Å². The van der Waals surface area contributed by atoms with Crippen LogP contribution in [-0.2, 0) is 0 Å². The van der Waals surface area contributed by atoms with E-state index < -0.39 is 0 Å². The van der Waals surface area contributed by atoms with Crippen LogP contribution in [0.3, 0.4) is 0 Å². The van der Waals surface area contributed by atoms with Gasteiger partial charge in [0, 0.05) is 16.5 Å². The largest absolute Gasteiger partial charge is 0.257 e. The molecule has 142 valence electrons. The average molecular weight is 413 g/mol. The summed E-state index contributed by atoms with van der Waals surface area (Å²) in [5.74, 6) is -0.259. The Morgan fingerprint density at radius 3 is 2.36 bits per heavy atom. The number of anilines is 1. The zero-order chi connectivity index (χ0) is 19.8. The van der Waals surface area contributed by atoms with E-state index in [4.69, 9.17) is 28.3 Å². The first-order valence-corrected chi connectivity index (χ1v) is 9.83. The van der Waals surface area contributed by atoms with Crippen LogP contribution in [0.4, 0.5) is 10.1 Å². The molecule has 0 N–H and O–H groups in total. The van der Waals surface area contributed by atoms with E-state index in [9.17, 15) is 4.39 Å². The van der Waals surface area contributed by atoms with Gasteiger partial charge in [-0.05, 0) is 72.5 Å². The zero-order valence-electron chi connectivity index (χ0n) is 15.6. The summed E-state index contributed by atoms with van der Waals surface area (Å²) in [5, 5.41) is 8.10. The highest BCUT2D eigenvalue weighted by atomic mass is 35.5. The third-order valence-electron chi connectivity index (χ3n) is 5.16. The lowest BCUT2D eigenvalue weighted by molar-refractivity contribution is 0.627. The van der Waals surface area contributed by atoms with Crippen molar-refractivity contribution >= 4 is 34.6 Å². The first kappa shape index (κ1) is 19.0. The molecule has 0 fully saturated rings. The minimum atomic E-state index is -0.259. The van der Waals surface area contributed by atoms with Crippen LogP contribution in [0.15, 0.2) is 65.8 Å². The van der Waals surface area contributed by atoms with Gasteiger partial charge in [-0.25, -0.2) is 4.39 Å². The average Bonchev–Trinajstić information content (AvgIpc) is 3.09. The number of hydrazone groups is 1. The predicted molar refractivity (Wildman–Crippen MR) is 115 cm³/mol. The van der Waals surface area contributed by atoms with Gasteiger partial charge in [0.05, 0.1) is 17.4 Å². The van der Waals surface area contributed by atoms with Gasteiger partial charge in [-0.2, -0.15) is 5.10 Å². The quantitative estimate of drug-likeness (QED) is 0.447. The van der Waals surface area contributed by atoms with Gasteiger partial charge in [-0.15, -0.1) is 0 Å². The maximum absolute atomic E-state index is 13.3. The smallest absolute Gasteiger partial charge is 0.123 e. The molecule has 0 amide bonds. The van der Waals surface area contributed by atoms with Gasteiger partial charge < -0.3 is 0 Å². The first-order valence-electron chi connectivity index (χ1n) is 9.07. The van der Waals surface area contributed by atoms with Gasteiger partial charge in [0.1, 0.15) is 5.82 Å². The van der Waals surface area contributed by atoms with Gasteiger partial charge in [0.25, 0.3) is 0 Å². The Balaban J connectivity index is 1.79. The Labute approximate surface area is 174 Å². The molecule has 3 aromatic carbocycles. The number of rotatable bonds is 3. The second-order valence-corrected chi connectivity index (χ2v) is 7.90. The molecular formula is C23H19Cl2FN2. The van der Waals surface area contributed by atoms with Crippen molar-refractivity contribution in [3.63, 3.8) is 0 Å². The summed E-state index contributed by atoms with van der Waals surface area (Å²) < 4.78 is 13.3. The third kappa shape index (κ3) is 3.65. The second-order valence-electron chi connectivity index (χ2n) is 7.05. The number of nitrogens with zero attached hydrogens (tertiary/aromatic N) is 2. The number of hydrogen-bond donors (Lipinski definition) is 0. The first-order chi connectivity index (χ1) is 13.4. The zero-order valence-corrected chi connectivity index (χ0v) is 17.1. The molecule has 0 saturated heterocycles. The minimum absolute atomic E-state index is 0.0630. The fourth-order valence-electron chi connectivity index (χ4n) is 3.45. The molecule has 0 aromatic heterocycles. The Bertz CT molecular complexity index is 1060. The lowest BCUT2D eigenvalue weighted by Crippen LogP contribution is -2.19. The fraction of sp³-hybridized carbons (Fsp3) is 0.174. The van der Waals surface area contributed by atoms with E-state index in [2.05, 4.69) is 32.0 Å². The molecule has 1 aliphatic rings. The SMILES string of the molecule is Cc1ccc(N2N=C(c3ccc(F)cc3)C[C@@H]2c2ccc(Cl)cc2Cl)cc1C. The van der Waals surface area contributed by atoms with Crippen LogP contribution in [0, 0.1) is 19.7 Å². The molecule has 0 saturated carbocycles. The van der Waals surface area contributed by atoms with Crippen LogP contribution in [0.5, 0.6) is 0 Å². The standard InChI is InChI=1S/C23H19Cl2FN2/c1-14-3-9-19(11-15(14)2)28-23(20-10-6-17(24)12-21(20)25)13-22(27-28)16-4-7-18(26)8-5-16/h3-12,23H,13H2,1-2H3/t23-/m1/s1. The molecule has 0 aliphatic carbocycles. The Hall–Kier alpha value is -2.36. The number of aryl methyl sites for hydroxylation is 2. The molecule has 0 unspecified atom stereocenters. The van der Waals surface area contributed by atoms with E-state index in [-0.39, 0.29) is 11.9 Å². The summed E-state index contributed by atoms with van der Waals surface area (Å²) in [6.45, 7) is 4.17. The monoisotopic (exact) mass is 412 g/mol. The van der Waals surface area contributed by atoms with Crippen LogP contribution in [0.25, 0.3) is 0 Å². The molecule has 1 aliphatic heterocycles. The summed E-state index contributed by atoms with van der Waals surface area (Å²) in [7, 11) is 0. The molecular weight excluding hydrogens is 394 g/mol. The van der Waals surface area contributed by atoms with E-state index in [0.717, 1.165) is 22.5 Å². The van der Waals surface area contributed by atoms with Crippen LogP contribution >= 0.6 is 23.2 Å². The van der Waals surface area contributed by atoms with Crippen molar-refractivity contribution in [3.8, 4) is 0 Å². The van der Waals surface area contributed by atoms with Crippen LogP contribution in [0.1, 0.15) is 34.7 Å². The Morgan fingerprint density at radius 2 is 1.68 bits per heavy atom. The van der Waals surface area contributed by atoms with Crippen molar-refractivity contribution in [2.45, 2.75) is 26.3 Å². The van der Waals surface area contributed by atoms with Crippen molar-refractivity contribution in [1.82, 2.24) is 0 Å². The maximum atomic E-state index is 13.3. The summed E-state index contributed by atoms with van der Waals surface area (Å²) in [5.41, 5.74) is 6.19. The molecule has 2 nitrogen and oxygen atoms in total. The van der Waals surface area contributed by atoms with Gasteiger partial charge in [0.2, 0.25) is 0 Å². The number of hydrogen-bond acceptors (Lipinski definition) is 2. The molecule has 5 heteroatoms. The summed E-state index contributed by atoms with van der Waals surface area (Å²) >= 11 is 12.6. The van der Waals surface area contributed by atoms with Crippen molar-refractivity contribution in [2.75, 3.05) is 5.01 Å². The summed E-state index contributed by atoms with van der Waals surface area (Å²) in [4.78, 5) is 0. The van der Waals surface area contributed by atoms with Crippen LogP contribution < -0.4 is 5.01 Å². The van der Waals surface area contributed by atoms with E-state index in [1.807, 2.05) is 17.1 Å². The minimum Gasteiger partial charge on any atom is -0.257 e. The Kier molecular flexibility index (Phi) is 5.13. The summed E-state index contributed by atoms with van der Waals surface area (Å²) in [6, 6.07) is 18.2. The molecule has 4 rings (SSSR count). The van der Waals surface area contributed by atoms with Gasteiger partial charge >= 0.3 is 0 Å². The lowest BCUT2D eigenvalue weighted by atomic mass is 9.98. The van der Waals surface area contributed by atoms with E-state index in [1.165, 1.54) is 23.3 Å². The van der Waals surface area contributed by atoms with E-state index >= 15 is 0 Å². The normalized spacial score (nSPS) is 16.4. The van der Waals surface area contributed by atoms with Crippen LogP contribution in [0.2, 0.25) is 10.0 Å². The predicted octanol–water partition coefficient (Wildman–Crippen LogP) is 7.11. The van der Waals surface area contributed by atoms with Gasteiger partial charge in [0.15, 0.2) is 0 Å². The highest BCUT2D eigenvalue weighted by molar-refractivity contribution is 6.35. The van der Waals surface area contributed by atoms with Gasteiger partial charge in [-0.3, -0.25) is 5.01 Å². The number of benzene rings is 3. The van der Waals surface area contributed by atoms with Crippen molar-refractivity contribution < 1.29 is 4.39 Å². The highest BCUT2D eigenvalue weighted by Crippen LogP contribution is 2.40. The molecule has 28 heavy (non-hydrogen) atoms. The molecule has 1 atom stereocenters. The lowest BCUT2D eigenvalue weighted by Gasteiger charge is -2.25. The molecule has 1 heterocycles. The molecule has 0 bridgehead atoms. The molecule has 0 radical (unpaired) electrons. The van der Waals surface area contributed by atoms with E-state index in [0.29, 0.717) is 16.5 Å². The van der Waals surface area contributed by atoms with E-state index in [1.54, 1.807) is 18.2 Å². The Morgan fingerprint density at radius 1 is 0.929 bits per heavy atom. The van der Waals surface area contributed by atoms with Crippen molar-refractivity contribution in [3.05, 3.63) is 98.8 Å². The number of halogens is 3. The third-order valence-corrected chi connectivity index (χ3v) is 5.73. The summed E-state index contributed by atoms with van der Waals surface area (Å²) in [6.07, 6.45) is 0.667. The van der Waals surface area contributed by atoms with Crippen LogP contribution in [-0.4, -0.2) is 5.71 Å². The molecule has 3 aromatic rings. The molecule has 0 spiro atoms. The van der Waals surface area contributed by atoms with Crippen molar-refractivity contribution in [2.24, 2.45) is 5.10 Å². The highest BCUT2D eigenvalue weighted by Gasteiger charge is 2.31. The second kappa shape index (κ2) is 7.57. The van der Waals surface area contributed by atoms with Gasteiger partial charge in [-0.1, -0.05) is 47.5 Å². The topological polar surface area (TPSA) is 15.6 Å². The maximum Gasteiger partial charge on any atom is 0.123 e.